The van der Waals surface area contributed by atoms with Crippen LogP contribution in [0.25, 0.3) is 0 Å². The Labute approximate surface area is 239 Å². The highest BCUT2D eigenvalue weighted by Gasteiger charge is 2.15. The van der Waals surface area contributed by atoms with E-state index in [1.54, 1.807) is 0 Å². The van der Waals surface area contributed by atoms with Crippen molar-refractivity contribution in [2.24, 2.45) is 0 Å². The highest BCUT2D eigenvalue weighted by molar-refractivity contribution is 5.78. The van der Waals surface area contributed by atoms with Gasteiger partial charge in [-0.25, -0.2) is 4.79 Å². The second-order valence-electron chi connectivity index (χ2n) is 9.50. The predicted octanol–water partition coefficient (Wildman–Crippen LogP) is 1.50. The normalized spacial score (nSPS) is 11.4. The number of aldehydes is 1. The Bertz CT molecular complexity index is 604. The molecule has 0 heterocycles. The monoisotopic (exact) mass is 580 g/mol. The van der Waals surface area contributed by atoms with Gasteiger partial charge in [-0.3, -0.25) is 4.79 Å². The van der Waals surface area contributed by atoms with E-state index in [4.69, 9.17) is 37.9 Å². The van der Waals surface area contributed by atoms with E-state index in [2.05, 4.69) is 10.6 Å². The molecule has 0 saturated carbocycles. The minimum absolute atomic E-state index is 0.0776. The van der Waals surface area contributed by atoms with Crippen LogP contribution < -0.4 is 10.6 Å². The average Bonchev–Trinajstić information content (AvgIpc) is 2.90. The molecule has 0 bridgehead atoms. The third-order valence-electron chi connectivity index (χ3n) is 4.72. The molecule has 2 N–H and O–H groups in total. The lowest BCUT2D eigenvalue weighted by Gasteiger charge is -2.19. The van der Waals surface area contributed by atoms with Gasteiger partial charge in [-0.05, 0) is 33.6 Å². The fraction of sp³-hybridized carbons (Fsp3) is 0.889. The number of carbonyl (C=O) groups is 3. The van der Waals surface area contributed by atoms with Crippen LogP contribution in [0.15, 0.2) is 0 Å². The van der Waals surface area contributed by atoms with Crippen molar-refractivity contribution in [1.82, 2.24) is 10.6 Å². The van der Waals surface area contributed by atoms with E-state index in [1.807, 2.05) is 20.8 Å². The van der Waals surface area contributed by atoms with E-state index in [9.17, 15) is 14.4 Å². The Balaban J connectivity index is 3.13. The molecule has 0 unspecified atom stereocenters. The third-order valence-corrected chi connectivity index (χ3v) is 4.72. The maximum Gasteiger partial charge on any atom is 0.407 e. The van der Waals surface area contributed by atoms with Crippen molar-refractivity contribution in [3.8, 4) is 0 Å². The maximum atomic E-state index is 11.5. The molecule has 0 aliphatic heterocycles. The summed E-state index contributed by atoms with van der Waals surface area (Å²) in [6.45, 7) is 12.7. The van der Waals surface area contributed by atoms with Crippen molar-refractivity contribution in [3.63, 3.8) is 0 Å². The van der Waals surface area contributed by atoms with Crippen molar-refractivity contribution in [2.45, 2.75) is 52.1 Å². The lowest BCUT2D eigenvalue weighted by Crippen LogP contribution is -2.34. The summed E-state index contributed by atoms with van der Waals surface area (Å²) < 4.78 is 43.2. The number of ether oxygens (including phenoxy) is 8. The van der Waals surface area contributed by atoms with Crippen LogP contribution in [-0.2, 0) is 47.5 Å². The largest absolute Gasteiger partial charge is 0.444 e. The van der Waals surface area contributed by atoms with Crippen molar-refractivity contribution in [2.75, 3.05) is 106 Å². The van der Waals surface area contributed by atoms with Crippen LogP contribution >= 0.6 is 0 Å². The number of amides is 2. The number of carbonyl (C=O) groups excluding carboxylic acids is 3. The Morgan fingerprint density at radius 3 is 1.43 bits per heavy atom. The first-order valence-electron chi connectivity index (χ1n) is 14.1. The van der Waals surface area contributed by atoms with E-state index < -0.39 is 11.7 Å². The van der Waals surface area contributed by atoms with Gasteiger partial charge in [-0.2, -0.15) is 0 Å². The van der Waals surface area contributed by atoms with Gasteiger partial charge in [0.2, 0.25) is 5.91 Å². The second-order valence-corrected chi connectivity index (χ2v) is 9.50. The van der Waals surface area contributed by atoms with Crippen LogP contribution in [-0.4, -0.2) is 129 Å². The zero-order valence-corrected chi connectivity index (χ0v) is 24.7. The fourth-order valence-corrected chi connectivity index (χ4v) is 2.87. The lowest BCUT2D eigenvalue weighted by atomic mass is 10.2. The number of rotatable bonds is 29. The van der Waals surface area contributed by atoms with Gasteiger partial charge in [0.25, 0.3) is 0 Å². The quantitative estimate of drug-likeness (QED) is 0.0979. The molecular weight excluding hydrogens is 528 g/mol. The molecule has 0 saturated heterocycles. The van der Waals surface area contributed by atoms with Crippen molar-refractivity contribution >= 4 is 18.3 Å². The summed E-state index contributed by atoms with van der Waals surface area (Å²) in [5.74, 6) is -0.0921. The van der Waals surface area contributed by atoms with Crippen molar-refractivity contribution in [3.05, 3.63) is 0 Å². The third kappa shape index (κ3) is 32.3. The van der Waals surface area contributed by atoms with E-state index in [0.717, 1.165) is 19.3 Å². The van der Waals surface area contributed by atoms with Gasteiger partial charge in [0, 0.05) is 19.6 Å². The number of unbranched alkanes of at least 4 members (excludes halogenated alkanes) is 2. The molecule has 0 spiro atoms. The summed E-state index contributed by atoms with van der Waals surface area (Å²) >= 11 is 0. The molecule has 13 heteroatoms. The number of hydrogen-bond donors (Lipinski definition) is 2. The highest BCUT2D eigenvalue weighted by Crippen LogP contribution is 2.06. The molecule has 2 amide bonds. The predicted molar refractivity (Wildman–Crippen MR) is 148 cm³/mol. The molecule has 0 rings (SSSR count). The molecule has 236 valence electrons. The number of nitrogens with one attached hydrogen (secondary N) is 2. The fourth-order valence-electron chi connectivity index (χ4n) is 2.87. The number of hydrogen-bond acceptors (Lipinski definition) is 11. The van der Waals surface area contributed by atoms with Gasteiger partial charge in [0.1, 0.15) is 11.9 Å². The van der Waals surface area contributed by atoms with E-state index >= 15 is 0 Å². The molecule has 0 aromatic rings. The van der Waals surface area contributed by atoms with E-state index in [1.165, 1.54) is 0 Å². The van der Waals surface area contributed by atoms with Crippen LogP contribution in [0.4, 0.5) is 4.79 Å². The molecule has 0 aliphatic carbocycles. The summed E-state index contributed by atoms with van der Waals surface area (Å²) in [5, 5.41) is 5.14. The van der Waals surface area contributed by atoms with Crippen LogP contribution in [0.1, 0.15) is 46.5 Å². The molecule has 0 aliphatic rings. The molecular formula is C27H52N2O11. The minimum atomic E-state index is -0.512. The topological polar surface area (TPSA) is 149 Å². The van der Waals surface area contributed by atoms with E-state index in [-0.39, 0.29) is 12.5 Å². The first-order valence-corrected chi connectivity index (χ1v) is 14.1. The standard InChI is InChI=1S/C27H52N2O11/c1-27(2,3)40-26(32)29-9-12-34-14-16-36-18-20-38-22-24-39-23-21-37-19-17-35-15-13-33-11-6-4-5-7-25(31)28-8-10-30/h10H,4-9,11-24H2,1-3H3,(H,28,31)(H,29,32). The van der Waals surface area contributed by atoms with Gasteiger partial charge < -0.3 is 53.3 Å². The Kier molecular flexibility index (Phi) is 27.3. The van der Waals surface area contributed by atoms with E-state index in [0.29, 0.717) is 112 Å². The summed E-state index contributed by atoms with van der Waals surface area (Å²) in [5.41, 5.74) is -0.512. The molecule has 0 atom stereocenters. The van der Waals surface area contributed by atoms with Gasteiger partial charge in [-0.1, -0.05) is 6.42 Å². The molecule has 0 aromatic heterocycles. The zero-order valence-electron chi connectivity index (χ0n) is 24.7. The Hall–Kier alpha value is -1.87. The average molecular weight is 581 g/mol. The summed E-state index contributed by atoms with van der Waals surface area (Å²) in [6, 6.07) is 0. The summed E-state index contributed by atoms with van der Waals surface area (Å²) in [7, 11) is 0. The highest BCUT2D eigenvalue weighted by atomic mass is 16.6. The first kappa shape index (κ1) is 38.1. The van der Waals surface area contributed by atoms with Gasteiger partial charge in [0.05, 0.1) is 92.4 Å². The van der Waals surface area contributed by atoms with Crippen molar-refractivity contribution < 1.29 is 52.3 Å². The van der Waals surface area contributed by atoms with Gasteiger partial charge in [0.15, 0.2) is 0 Å². The van der Waals surface area contributed by atoms with Crippen LogP contribution in [0.3, 0.4) is 0 Å². The van der Waals surface area contributed by atoms with Crippen LogP contribution in [0, 0.1) is 0 Å². The van der Waals surface area contributed by atoms with Crippen molar-refractivity contribution in [1.29, 1.82) is 0 Å². The minimum Gasteiger partial charge on any atom is -0.444 e. The Morgan fingerprint density at radius 2 is 1.00 bits per heavy atom. The Morgan fingerprint density at radius 1 is 0.575 bits per heavy atom. The molecule has 0 radical (unpaired) electrons. The summed E-state index contributed by atoms with van der Waals surface area (Å²) in [6.07, 6.45) is 3.23. The van der Waals surface area contributed by atoms with Gasteiger partial charge >= 0.3 is 6.09 Å². The zero-order chi connectivity index (χ0) is 29.6. The smallest absolute Gasteiger partial charge is 0.407 e. The van der Waals surface area contributed by atoms with Gasteiger partial charge in [-0.15, -0.1) is 0 Å². The molecule has 0 aromatic carbocycles. The second kappa shape index (κ2) is 28.7. The maximum absolute atomic E-state index is 11.5. The van der Waals surface area contributed by atoms with Crippen LogP contribution in [0.5, 0.6) is 0 Å². The molecule has 40 heavy (non-hydrogen) atoms. The molecule has 13 nitrogen and oxygen atoms in total. The lowest BCUT2D eigenvalue weighted by molar-refractivity contribution is -0.122. The SMILES string of the molecule is CC(C)(C)OC(=O)NCCOCCOCCOCCOCCOCCOCCOCCCCCC(=O)NCC=O. The first-order chi connectivity index (χ1) is 19.3. The summed E-state index contributed by atoms with van der Waals surface area (Å²) in [4.78, 5) is 32.9. The number of alkyl carbamates (subject to hydrolysis) is 1. The van der Waals surface area contributed by atoms with Crippen LogP contribution in [0.2, 0.25) is 0 Å². The molecule has 0 fully saturated rings.